The van der Waals surface area contributed by atoms with E-state index in [2.05, 4.69) is 0 Å². The summed E-state index contributed by atoms with van der Waals surface area (Å²) in [5.41, 5.74) is 1.18. The number of aromatic hydroxyl groups is 2. The van der Waals surface area contributed by atoms with Crippen LogP contribution in [-0.2, 0) is 0 Å². The highest BCUT2D eigenvalue weighted by Gasteiger charge is 2.09. The lowest BCUT2D eigenvalue weighted by molar-refractivity contribution is 0.103. The highest BCUT2D eigenvalue weighted by molar-refractivity contribution is 6.08. The molecule has 0 bridgehead atoms. The third kappa shape index (κ3) is 3.32. The number of phenols is 2. The molecule has 0 saturated carbocycles. The van der Waals surface area contributed by atoms with Gasteiger partial charge in [-0.15, -0.1) is 0 Å². The molecule has 4 heteroatoms. The van der Waals surface area contributed by atoms with E-state index in [1.165, 1.54) is 18.2 Å². The van der Waals surface area contributed by atoms with Gasteiger partial charge in [0.25, 0.3) is 0 Å². The van der Waals surface area contributed by atoms with E-state index < -0.39 is 0 Å². The second kappa shape index (κ2) is 6.23. The van der Waals surface area contributed by atoms with Crippen molar-refractivity contribution in [2.75, 3.05) is 0 Å². The van der Waals surface area contributed by atoms with Gasteiger partial charge in [0.05, 0.1) is 0 Å². The first-order chi connectivity index (χ1) is 11.1. The lowest BCUT2D eigenvalue weighted by Crippen LogP contribution is -2.00. The van der Waals surface area contributed by atoms with Gasteiger partial charge < -0.3 is 14.9 Å². The monoisotopic (exact) mass is 306 g/mol. The van der Waals surface area contributed by atoms with Crippen molar-refractivity contribution in [1.29, 1.82) is 0 Å². The van der Waals surface area contributed by atoms with E-state index >= 15 is 0 Å². The van der Waals surface area contributed by atoms with Crippen molar-refractivity contribution in [3.05, 3.63) is 83.9 Å². The Morgan fingerprint density at radius 3 is 2.09 bits per heavy atom. The molecule has 0 aliphatic rings. The molecule has 2 N–H and O–H groups in total. The maximum atomic E-state index is 12.3. The van der Waals surface area contributed by atoms with Crippen molar-refractivity contribution in [1.82, 2.24) is 0 Å². The molecule has 114 valence electrons. The second-order valence-corrected chi connectivity index (χ2v) is 4.97. The first-order valence-electron chi connectivity index (χ1n) is 7.03. The topological polar surface area (TPSA) is 66.8 Å². The number of hydrogen-bond donors (Lipinski definition) is 2. The lowest BCUT2D eigenvalue weighted by Gasteiger charge is -2.08. The molecule has 3 rings (SSSR count). The number of phenolic OH excluding ortho intramolecular Hbond substituents is 2. The van der Waals surface area contributed by atoms with Gasteiger partial charge in [-0.05, 0) is 36.4 Å². The average molecular weight is 306 g/mol. The molecule has 4 nitrogen and oxygen atoms in total. The van der Waals surface area contributed by atoms with Gasteiger partial charge in [0.15, 0.2) is 17.3 Å². The number of carbonyl (C=O) groups is 1. The predicted octanol–water partition coefficient (Wildman–Crippen LogP) is 4.12. The number of rotatable bonds is 4. The zero-order valence-electron chi connectivity index (χ0n) is 12.1. The Bertz CT molecular complexity index is 824. The Morgan fingerprint density at radius 1 is 0.783 bits per heavy atom. The lowest BCUT2D eigenvalue weighted by atomic mass is 10.0. The van der Waals surface area contributed by atoms with Crippen LogP contribution in [-0.4, -0.2) is 16.0 Å². The molecule has 0 aromatic heterocycles. The van der Waals surface area contributed by atoms with Gasteiger partial charge in [0.1, 0.15) is 11.5 Å². The minimum absolute atomic E-state index is 0.0429. The molecule has 0 aliphatic heterocycles. The molecule has 0 heterocycles. The largest absolute Gasteiger partial charge is 0.508 e. The normalized spacial score (nSPS) is 10.3. The summed E-state index contributed by atoms with van der Waals surface area (Å²) in [5.74, 6) is 0.443. The van der Waals surface area contributed by atoms with Gasteiger partial charge in [0.2, 0.25) is 0 Å². The van der Waals surface area contributed by atoms with Crippen LogP contribution in [0.25, 0.3) is 0 Å². The van der Waals surface area contributed by atoms with E-state index in [4.69, 9.17) is 4.74 Å². The van der Waals surface area contributed by atoms with Gasteiger partial charge in [-0.2, -0.15) is 0 Å². The van der Waals surface area contributed by atoms with E-state index in [1.54, 1.807) is 36.4 Å². The Balaban J connectivity index is 1.78. The summed E-state index contributed by atoms with van der Waals surface area (Å²) >= 11 is 0. The molecule has 3 aromatic carbocycles. The van der Waals surface area contributed by atoms with Gasteiger partial charge >= 0.3 is 0 Å². The van der Waals surface area contributed by atoms with Crippen molar-refractivity contribution >= 4 is 5.78 Å². The fourth-order valence-electron chi connectivity index (χ4n) is 2.15. The van der Waals surface area contributed by atoms with E-state index in [9.17, 15) is 15.0 Å². The van der Waals surface area contributed by atoms with Crippen LogP contribution in [0.1, 0.15) is 15.9 Å². The van der Waals surface area contributed by atoms with Gasteiger partial charge in [-0.3, -0.25) is 4.79 Å². The quantitative estimate of drug-likeness (QED) is 0.711. The number of hydrogen-bond acceptors (Lipinski definition) is 4. The first-order valence-corrected chi connectivity index (χ1v) is 7.03. The van der Waals surface area contributed by atoms with Crippen molar-refractivity contribution in [2.45, 2.75) is 0 Å². The molecule has 0 radical (unpaired) electrons. The van der Waals surface area contributed by atoms with E-state index in [-0.39, 0.29) is 23.0 Å². The Labute approximate surface area is 133 Å². The van der Waals surface area contributed by atoms with Crippen molar-refractivity contribution in [3.63, 3.8) is 0 Å². The summed E-state index contributed by atoms with van der Waals surface area (Å²) in [6.07, 6.45) is 0. The number of carbonyl (C=O) groups excluding carboxylic acids is 1. The highest BCUT2D eigenvalue weighted by Crippen LogP contribution is 2.33. The number of ketones is 1. The molecular weight excluding hydrogens is 292 g/mol. The van der Waals surface area contributed by atoms with Crippen LogP contribution in [0.5, 0.6) is 23.0 Å². The van der Waals surface area contributed by atoms with Crippen LogP contribution in [0.2, 0.25) is 0 Å². The van der Waals surface area contributed by atoms with Crippen LogP contribution in [0.4, 0.5) is 0 Å². The minimum Gasteiger partial charge on any atom is -0.508 e. The number of benzene rings is 3. The molecule has 0 fully saturated rings. The predicted molar refractivity (Wildman–Crippen MR) is 86.2 cm³/mol. The van der Waals surface area contributed by atoms with Crippen LogP contribution >= 0.6 is 0 Å². The molecule has 0 unspecified atom stereocenters. The Hall–Kier alpha value is -3.27. The second-order valence-electron chi connectivity index (χ2n) is 4.97. The van der Waals surface area contributed by atoms with Crippen molar-refractivity contribution in [2.24, 2.45) is 0 Å². The maximum Gasteiger partial charge on any atom is 0.193 e. The fourth-order valence-corrected chi connectivity index (χ4v) is 2.15. The summed E-state index contributed by atoms with van der Waals surface area (Å²) in [7, 11) is 0. The Kier molecular flexibility index (Phi) is 3.97. The SMILES string of the molecule is O=C(c1ccccc1)c1ccc(Oc2ccc(O)cc2O)cc1. The molecule has 23 heavy (non-hydrogen) atoms. The standard InChI is InChI=1S/C19H14O4/c20-15-8-11-18(17(21)12-15)23-16-9-6-14(7-10-16)19(22)13-4-2-1-3-5-13/h1-12,20-21H. The first kappa shape index (κ1) is 14.7. The number of ether oxygens (including phenoxy) is 1. The van der Waals surface area contributed by atoms with E-state index in [0.717, 1.165) is 0 Å². The average Bonchev–Trinajstić information content (AvgIpc) is 2.58. The summed E-state index contributed by atoms with van der Waals surface area (Å²) < 4.78 is 5.53. The Morgan fingerprint density at radius 2 is 1.43 bits per heavy atom. The molecule has 0 aliphatic carbocycles. The van der Waals surface area contributed by atoms with Gasteiger partial charge in [-0.25, -0.2) is 0 Å². The van der Waals surface area contributed by atoms with Crippen LogP contribution in [0.3, 0.4) is 0 Å². The van der Waals surface area contributed by atoms with Crippen molar-refractivity contribution in [3.8, 4) is 23.0 Å². The van der Waals surface area contributed by atoms with Crippen LogP contribution < -0.4 is 4.74 Å². The van der Waals surface area contributed by atoms with Crippen LogP contribution in [0.15, 0.2) is 72.8 Å². The summed E-state index contributed by atoms with van der Waals surface area (Å²) in [6.45, 7) is 0. The summed E-state index contributed by atoms with van der Waals surface area (Å²) in [5, 5.41) is 19.0. The van der Waals surface area contributed by atoms with Gasteiger partial charge in [-0.1, -0.05) is 30.3 Å². The molecule has 0 atom stereocenters. The minimum atomic E-state index is -0.158. The van der Waals surface area contributed by atoms with E-state index in [1.807, 2.05) is 18.2 Å². The smallest absolute Gasteiger partial charge is 0.193 e. The molecule has 0 spiro atoms. The van der Waals surface area contributed by atoms with Crippen LogP contribution in [0, 0.1) is 0 Å². The third-order valence-corrected chi connectivity index (χ3v) is 3.32. The fraction of sp³-hybridized carbons (Fsp3) is 0. The summed E-state index contributed by atoms with van der Waals surface area (Å²) in [4.78, 5) is 12.3. The zero-order valence-corrected chi connectivity index (χ0v) is 12.1. The highest BCUT2D eigenvalue weighted by atomic mass is 16.5. The maximum absolute atomic E-state index is 12.3. The third-order valence-electron chi connectivity index (χ3n) is 3.32. The molecular formula is C19H14O4. The van der Waals surface area contributed by atoms with E-state index in [0.29, 0.717) is 16.9 Å². The molecule has 0 saturated heterocycles. The van der Waals surface area contributed by atoms with Crippen molar-refractivity contribution < 1.29 is 19.7 Å². The zero-order chi connectivity index (χ0) is 16.2. The molecule has 3 aromatic rings. The molecule has 0 amide bonds. The summed E-state index contributed by atoms with van der Waals surface area (Å²) in [6, 6.07) is 19.8. The van der Waals surface area contributed by atoms with Gasteiger partial charge in [0, 0.05) is 17.2 Å².